The maximum Gasteiger partial charge on any atom is 0.227 e. The molecule has 2 fully saturated rings. The van der Waals surface area contributed by atoms with Gasteiger partial charge in [-0.05, 0) is 87.3 Å². The lowest BCUT2D eigenvalue weighted by Gasteiger charge is -2.39. The molecule has 1 amide bonds. The Labute approximate surface area is 219 Å². The second kappa shape index (κ2) is 12.8. The lowest BCUT2D eigenvalue weighted by atomic mass is 9.93. The zero-order valence-corrected chi connectivity index (χ0v) is 22.3. The van der Waals surface area contributed by atoms with Gasteiger partial charge in [-0.25, -0.2) is 0 Å². The number of nitrogens with one attached hydrogen (secondary N) is 2. The fourth-order valence-electron chi connectivity index (χ4n) is 5.25. The van der Waals surface area contributed by atoms with E-state index in [9.17, 15) is 4.79 Å². The van der Waals surface area contributed by atoms with E-state index in [4.69, 9.17) is 18.9 Å². The van der Waals surface area contributed by atoms with Gasteiger partial charge in [-0.3, -0.25) is 4.79 Å². The molecule has 2 aliphatic heterocycles. The summed E-state index contributed by atoms with van der Waals surface area (Å²) in [5.74, 6) is 2.46. The van der Waals surface area contributed by atoms with Crippen LogP contribution >= 0.6 is 0 Å². The lowest BCUT2D eigenvalue weighted by molar-refractivity contribution is -0.121. The number of nitrogens with zero attached hydrogens (tertiary/aromatic N) is 1. The summed E-state index contributed by atoms with van der Waals surface area (Å²) in [6, 6.07) is 10.2. The van der Waals surface area contributed by atoms with E-state index in [2.05, 4.69) is 15.5 Å². The zero-order chi connectivity index (χ0) is 26.2. The Hall–Kier alpha value is -3.23. The summed E-state index contributed by atoms with van der Waals surface area (Å²) in [4.78, 5) is 15.7. The molecule has 8 nitrogen and oxygen atoms in total. The number of piperidine rings is 2. The molecule has 200 valence electrons. The summed E-state index contributed by atoms with van der Waals surface area (Å²) in [7, 11) is 6.40. The number of carbonyl (C=O) groups is 1. The highest BCUT2D eigenvalue weighted by molar-refractivity contribution is 5.94. The first kappa shape index (κ1) is 26.8. The molecule has 4 rings (SSSR count). The molecule has 8 heteroatoms. The van der Waals surface area contributed by atoms with Gasteiger partial charge in [-0.2, -0.15) is 0 Å². The van der Waals surface area contributed by atoms with Crippen LogP contribution < -0.4 is 29.6 Å². The monoisotopic (exact) mass is 509 g/mol. The van der Waals surface area contributed by atoms with E-state index in [1.165, 1.54) is 12.8 Å². The fraction of sp³-hybridized carbons (Fsp3) is 0.483. The Morgan fingerprint density at radius 2 is 1.46 bits per heavy atom. The van der Waals surface area contributed by atoms with E-state index in [0.717, 1.165) is 50.1 Å². The van der Waals surface area contributed by atoms with Crippen LogP contribution in [0.3, 0.4) is 0 Å². The summed E-state index contributed by atoms with van der Waals surface area (Å²) in [6.45, 7) is 4.15. The summed E-state index contributed by atoms with van der Waals surface area (Å²) in [5.41, 5.74) is 2.52. The van der Waals surface area contributed by atoms with E-state index < -0.39 is 0 Å². The minimum absolute atomic E-state index is 0.0149. The van der Waals surface area contributed by atoms with Gasteiger partial charge < -0.3 is 34.5 Å². The van der Waals surface area contributed by atoms with Crippen LogP contribution in [-0.4, -0.2) is 71.5 Å². The van der Waals surface area contributed by atoms with Crippen molar-refractivity contribution >= 4 is 23.7 Å². The van der Waals surface area contributed by atoms with Gasteiger partial charge in [0.05, 0.1) is 34.1 Å². The minimum Gasteiger partial charge on any atom is -0.495 e. The van der Waals surface area contributed by atoms with Crippen LogP contribution in [0.2, 0.25) is 0 Å². The van der Waals surface area contributed by atoms with Crippen molar-refractivity contribution in [2.24, 2.45) is 5.92 Å². The van der Waals surface area contributed by atoms with E-state index in [0.29, 0.717) is 34.7 Å². The Morgan fingerprint density at radius 1 is 0.838 bits per heavy atom. The Balaban J connectivity index is 1.43. The number of methoxy groups -OCH3 is 4. The molecule has 0 aliphatic carbocycles. The zero-order valence-electron chi connectivity index (χ0n) is 22.3. The molecule has 2 aromatic carbocycles. The van der Waals surface area contributed by atoms with Gasteiger partial charge in [0.2, 0.25) is 11.7 Å². The number of likely N-dealkylation sites (tertiary alicyclic amines) is 1. The predicted octanol–water partition coefficient (Wildman–Crippen LogP) is 4.29. The predicted molar refractivity (Wildman–Crippen MR) is 147 cm³/mol. The number of amides is 1. The van der Waals surface area contributed by atoms with Crippen LogP contribution in [-0.2, 0) is 4.79 Å². The molecule has 0 aromatic heterocycles. The number of rotatable bonds is 9. The number of hydrogen-bond acceptors (Lipinski definition) is 7. The van der Waals surface area contributed by atoms with E-state index in [-0.39, 0.29) is 11.8 Å². The van der Waals surface area contributed by atoms with Crippen LogP contribution in [0.15, 0.2) is 30.3 Å². The van der Waals surface area contributed by atoms with Crippen molar-refractivity contribution in [2.45, 2.75) is 31.7 Å². The van der Waals surface area contributed by atoms with Gasteiger partial charge in [0.25, 0.3) is 0 Å². The molecular formula is C29H39N3O5. The molecule has 2 aliphatic rings. The Morgan fingerprint density at radius 3 is 2.05 bits per heavy atom. The minimum atomic E-state index is 0.0149. The molecule has 0 atom stereocenters. The summed E-state index contributed by atoms with van der Waals surface area (Å²) >= 11 is 0. The van der Waals surface area contributed by atoms with Gasteiger partial charge in [0, 0.05) is 12.0 Å². The van der Waals surface area contributed by atoms with Crippen LogP contribution in [0.5, 0.6) is 23.0 Å². The first-order chi connectivity index (χ1) is 18.1. The largest absolute Gasteiger partial charge is 0.495 e. The van der Waals surface area contributed by atoms with Crippen molar-refractivity contribution in [3.05, 3.63) is 41.5 Å². The maximum atomic E-state index is 13.2. The molecule has 0 saturated carbocycles. The molecule has 37 heavy (non-hydrogen) atoms. The standard InChI is InChI=1S/C29H39N3O5/c1-34-25-8-7-20(5-6-21-18-26(35-2)28(37-4)27(19-21)36-3)17-24(25)31-29(33)22-11-15-32(16-12-22)23-9-13-30-14-10-23/h5-8,17-19,22-23,30H,9-16H2,1-4H3,(H,31,33)/b6-5+. The van der Waals surface area contributed by atoms with Crippen molar-refractivity contribution in [3.63, 3.8) is 0 Å². The summed E-state index contributed by atoms with van der Waals surface area (Å²) < 4.78 is 21.9. The second-order valence-electron chi connectivity index (χ2n) is 9.53. The smallest absolute Gasteiger partial charge is 0.227 e. The highest BCUT2D eigenvalue weighted by Gasteiger charge is 2.29. The van der Waals surface area contributed by atoms with E-state index >= 15 is 0 Å². The first-order valence-electron chi connectivity index (χ1n) is 13.0. The van der Waals surface area contributed by atoms with Crippen LogP contribution in [0, 0.1) is 5.92 Å². The van der Waals surface area contributed by atoms with Crippen molar-refractivity contribution in [1.29, 1.82) is 0 Å². The van der Waals surface area contributed by atoms with Gasteiger partial charge >= 0.3 is 0 Å². The van der Waals surface area contributed by atoms with Crippen molar-refractivity contribution in [1.82, 2.24) is 10.2 Å². The number of hydrogen-bond donors (Lipinski definition) is 2. The molecule has 2 N–H and O–H groups in total. The number of benzene rings is 2. The van der Waals surface area contributed by atoms with E-state index in [1.54, 1.807) is 28.4 Å². The van der Waals surface area contributed by atoms with Gasteiger partial charge in [0.1, 0.15) is 5.75 Å². The van der Waals surface area contributed by atoms with Crippen molar-refractivity contribution < 1.29 is 23.7 Å². The molecule has 2 aromatic rings. The topological polar surface area (TPSA) is 81.3 Å². The number of ether oxygens (including phenoxy) is 4. The second-order valence-corrected chi connectivity index (χ2v) is 9.53. The molecule has 2 heterocycles. The fourth-order valence-corrected chi connectivity index (χ4v) is 5.25. The van der Waals surface area contributed by atoms with Gasteiger partial charge in [0.15, 0.2) is 11.5 Å². The van der Waals surface area contributed by atoms with Crippen molar-refractivity contribution in [3.8, 4) is 23.0 Å². The van der Waals surface area contributed by atoms with Gasteiger partial charge in [-0.15, -0.1) is 0 Å². The highest BCUT2D eigenvalue weighted by atomic mass is 16.5. The Bertz CT molecular complexity index is 1060. The summed E-state index contributed by atoms with van der Waals surface area (Å²) in [5, 5.41) is 6.57. The Kier molecular flexibility index (Phi) is 9.30. The molecule has 0 radical (unpaired) electrons. The average molecular weight is 510 g/mol. The third-order valence-electron chi connectivity index (χ3n) is 7.36. The maximum absolute atomic E-state index is 13.2. The molecule has 2 saturated heterocycles. The quantitative estimate of drug-likeness (QED) is 0.488. The number of anilines is 1. The van der Waals surface area contributed by atoms with Gasteiger partial charge in [-0.1, -0.05) is 18.2 Å². The lowest BCUT2D eigenvalue weighted by Crippen LogP contribution is -2.47. The third-order valence-corrected chi connectivity index (χ3v) is 7.36. The molecular weight excluding hydrogens is 470 g/mol. The normalized spacial score (nSPS) is 17.5. The molecule has 0 bridgehead atoms. The van der Waals surface area contributed by atoms with Crippen LogP contribution in [0.4, 0.5) is 5.69 Å². The third kappa shape index (κ3) is 6.56. The van der Waals surface area contributed by atoms with Crippen LogP contribution in [0.25, 0.3) is 12.2 Å². The SMILES string of the molecule is COc1ccc(/C=C/c2cc(OC)c(OC)c(OC)c2)cc1NC(=O)C1CCN(C2CCNCC2)CC1. The summed E-state index contributed by atoms with van der Waals surface area (Å²) in [6.07, 6.45) is 8.12. The highest BCUT2D eigenvalue weighted by Crippen LogP contribution is 2.38. The van der Waals surface area contributed by atoms with Crippen LogP contribution in [0.1, 0.15) is 36.8 Å². The van der Waals surface area contributed by atoms with Crippen molar-refractivity contribution in [2.75, 3.05) is 59.9 Å². The first-order valence-corrected chi connectivity index (χ1v) is 13.0. The molecule has 0 unspecified atom stereocenters. The average Bonchev–Trinajstić information content (AvgIpc) is 2.96. The van der Waals surface area contributed by atoms with E-state index in [1.807, 2.05) is 42.5 Å². The number of carbonyl (C=O) groups excluding carboxylic acids is 1. The molecule has 0 spiro atoms.